The van der Waals surface area contributed by atoms with Crippen molar-refractivity contribution in [3.8, 4) is 0 Å². The molecule has 2 aliphatic rings. The smallest absolute Gasteiger partial charge is 0.217 e. The fourth-order valence-electron chi connectivity index (χ4n) is 2.73. The molecule has 122 valence electrons. The summed E-state index contributed by atoms with van der Waals surface area (Å²) < 4.78 is 26.4. The first kappa shape index (κ1) is 16.0. The summed E-state index contributed by atoms with van der Waals surface area (Å²) in [6.45, 7) is 4.66. The van der Waals surface area contributed by atoms with E-state index in [-0.39, 0.29) is 5.25 Å². The molecule has 1 aromatic rings. The van der Waals surface area contributed by atoms with E-state index in [1.165, 1.54) is 11.8 Å². The van der Waals surface area contributed by atoms with Gasteiger partial charge in [-0.1, -0.05) is 11.8 Å². The van der Waals surface area contributed by atoms with Crippen molar-refractivity contribution in [2.24, 2.45) is 0 Å². The summed E-state index contributed by atoms with van der Waals surface area (Å²) >= 11 is 1.53. The average Bonchev–Trinajstić information content (AvgIpc) is 3.32. The first-order valence-electron chi connectivity index (χ1n) is 7.64. The maximum absolute atomic E-state index is 12.4. The molecule has 0 amide bonds. The molecule has 8 heteroatoms. The Kier molecular flexibility index (Phi) is 4.61. The van der Waals surface area contributed by atoms with Crippen LogP contribution in [0.15, 0.2) is 11.2 Å². The molecule has 1 saturated heterocycles. The van der Waals surface area contributed by atoms with E-state index in [1.807, 2.05) is 19.2 Å². The number of hydrogen-bond acceptors (Lipinski definition) is 6. The third-order valence-electron chi connectivity index (χ3n) is 4.09. The van der Waals surface area contributed by atoms with Crippen molar-refractivity contribution in [3.05, 3.63) is 11.8 Å². The Bertz CT molecular complexity index is 646. The molecule has 1 aromatic heterocycles. The highest BCUT2D eigenvalue weighted by Crippen LogP contribution is 2.31. The van der Waals surface area contributed by atoms with Crippen LogP contribution in [0.2, 0.25) is 0 Å². The van der Waals surface area contributed by atoms with Crippen molar-refractivity contribution >= 4 is 27.6 Å². The van der Waals surface area contributed by atoms with Crippen molar-refractivity contribution in [3.63, 3.8) is 0 Å². The molecule has 0 aromatic carbocycles. The molecular weight excluding hydrogens is 320 g/mol. The van der Waals surface area contributed by atoms with Crippen LogP contribution >= 0.6 is 11.8 Å². The van der Waals surface area contributed by atoms with Crippen LogP contribution in [0.5, 0.6) is 0 Å². The minimum Gasteiger partial charge on any atom is -0.355 e. The topological polar surface area (TPSA) is 66.4 Å². The van der Waals surface area contributed by atoms with Crippen LogP contribution in [0, 0.1) is 6.92 Å². The van der Waals surface area contributed by atoms with E-state index in [2.05, 4.69) is 14.9 Å². The van der Waals surface area contributed by atoms with Gasteiger partial charge in [0.1, 0.15) is 5.82 Å². The molecule has 1 aliphatic carbocycles. The van der Waals surface area contributed by atoms with Crippen molar-refractivity contribution in [1.82, 2.24) is 14.3 Å². The fraction of sp³-hybridized carbons (Fsp3) is 0.714. The molecule has 0 radical (unpaired) electrons. The fourth-order valence-corrected chi connectivity index (χ4v) is 5.03. The second kappa shape index (κ2) is 6.33. The third kappa shape index (κ3) is 3.38. The predicted molar refractivity (Wildman–Crippen MR) is 88.9 cm³/mol. The highest BCUT2D eigenvalue weighted by molar-refractivity contribution is 7.98. The van der Waals surface area contributed by atoms with E-state index in [4.69, 9.17) is 0 Å². The van der Waals surface area contributed by atoms with Gasteiger partial charge in [0.05, 0.1) is 5.25 Å². The number of aromatic nitrogens is 2. The van der Waals surface area contributed by atoms with Gasteiger partial charge in [0, 0.05) is 37.9 Å². The van der Waals surface area contributed by atoms with Gasteiger partial charge in [-0.05, 0) is 32.4 Å². The summed E-state index contributed by atoms with van der Waals surface area (Å²) in [6.07, 6.45) is 4.45. The zero-order valence-corrected chi connectivity index (χ0v) is 14.7. The molecule has 0 spiro atoms. The van der Waals surface area contributed by atoms with Gasteiger partial charge in [-0.3, -0.25) is 0 Å². The quantitative estimate of drug-likeness (QED) is 0.610. The van der Waals surface area contributed by atoms with Crippen LogP contribution in [0.1, 0.15) is 25.0 Å². The number of aryl methyl sites for hydroxylation is 1. The third-order valence-corrected chi connectivity index (χ3v) is 7.03. The van der Waals surface area contributed by atoms with Crippen molar-refractivity contribution < 1.29 is 8.42 Å². The van der Waals surface area contributed by atoms with Gasteiger partial charge >= 0.3 is 0 Å². The highest BCUT2D eigenvalue weighted by atomic mass is 32.2. The van der Waals surface area contributed by atoms with E-state index in [0.29, 0.717) is 19.6 Å². The van der Waals surface area contributed by atoms with Crippen LogP contribution < -0.4 is 4.90 Å². The van der Waals surface area contributed by atoms with Gasteiger partial charge in [-0.2, -0.15) is 4.31 Å². The summed E-state index contributed by atoms with van der Waals surface area (Å²) in [6, 6.07) is 1.98. The second-order valence-electron chi connectivity index (χ2n) is 5.84. The Balaban J connectivity index is 1.74. The minimum atomic E-state index is -3.07. The van der Waals surface area contributed by atoms with Crippen LogP contribution in [0.4, 0.5) is 5.82 Å². The van der Waals surface area contributed by atoms with E-state index in [0.717, 1.165) is 42.5 Å². The summed E-state index contributed by atoms with van der Waals surface area (Å²) in [5.74, 6) is 0.905. The molecule has 2 fully saturated rings. The van der Waals surface area contributed by atoms with Gasteiger partial charge in [0.25, 0.3) is 0 Å². The molecular formula is C14H22N4O2S2. The first-order chi connectivity index (χ1) is 10.5. The van der Waals surface area contributed by atoms with E-state index in [9.17, 15) is 8.42 Å². The second-order valence-corrected chi connectivity index (χ2v) is 8.82. The Hall–Kier alpha value is -0.860. The maximum atomic E-state index is 12.4. The monoisotopic (exact) mass is 342 g/mol. The highest BCUT2D eigenvalue weighted by Gasteiger charge is 2.40. The van der Waals surface area contributed by atoms with Crippen molar-refractivity contribution in [1.29, 1.82) is 0 Å². The van der Waals surface area contributed by atoms with E-state index >= 15 is 0 Å². The van der Waals surface area contributed by atoms with Crippen LogP contribution in [0.3, 0.4) is 0 Å². The molecule has 2 heterocycles. The SMILES string of the molecule is CSc1nc(C)cc(N2CCCN(S(=O)(=O)C3CC3)CC2)n1. The molecule has 1 aliphatic heterocycles. The van der Waals surface area contributed by atoms with Gasteiger partial charge in [-0.15, -0.1) is 0 Å². The maximum Gasteiger partial charge on any atom is 0.217 e. The minimum absolute atomic E-state index is 0.122. The van der Waals surface area contributed by atoms with Gasteiger partial charge in [0.2, 0.25) is 10.0 Å². The summed E-state index contributed by atoms with van der Waals surface area (Å²) in [5.41, 5.74) is 0.945. The number of nitrogens with zero attached hydrogens (tertiary/aromatic N) is 4. The van der Waals surface area contributed by atoms with Gasteiger partial charge in [-0.25, -0.2) is 18.4 Å². The molecule has 0 bridgehead atoms. The lowest BCUT2D eigenvalue weighted by Gasteiger charge is -2.23. The number of thioether (sulfide) groups is 1. The Morgan fingerprint density at radius 2 is 1.95 bits per heavy atom. The molecule has 22 heavy (non-hydrogen) atoms. The van der Waals surface area contributed by atoms with Crippen molar-refractivity contribution in [2.75, 3.05) is 37.3 Å². The van der Waals surface area contributed by atoms with Gasteiger partial charge < -0.3 is 4.90 Å². The number of rotatable bonds is 4. The Labute approximate surface area is 136 Å². The summed E-state index contributed by atoms with van der Waals surface area (Å²) in [7, 11) is -3.07. The number of hydrogen-bond donors (Lipinski definition) is 0. The largest absolute Gasteiger partial charge is 0.355 e. The van der Waals surface area contributed by atoms with E-state index in [1.54, 1.807) is 4.31 Å². The van der Waals surface area contributed by atoms with Gasteiger partial charge in [0.15, 0.2) is 5.16 Å². The zero-order valence-electron chi connectivity index (χ0n) is 13.0. The Morgan fingerprint density at radius 3 is 2.64 bits per heavy atom. The molecule has 0 N–H and O–H groups in total. The van der Waals surface area contributed by atoms with Crippen LogP contribution in [0.25, 0.3) is 0 Å². The number of anilines is 1. The number of sulfonamides is 1. The molecule has 3 rings (SSSR count). The van der Waals surface area contributed by atoms with Crippen molar-refractivity contribution in [2.45, 2.75) is 36.6 Å². The normalized spacial score (nSPS) is 20.9. The molecule has 6 nitrogen and oxygen atoms in total. The lowest BCUT2D eigenvalue weighted by molar-refractivity contribution is 0.432. The first-order valence-corrected chi connectivity index (χ1v) is 10.4. The van der Waals surface area contributed by atoms with Crippen LogP contribution in [-0.2, 0) is 10.0 Å². The zero-order chi connectivity index (χ0) is 15.7. The Morgan fingerprint density at radius 1 is 1.18 bits per heavy atom. The lowest BCUT2D eigenvalue weighted by atomic mass is 10.3. The summed E-state index contributed by atoms with van der Waals surface area (Å²) in [5, 5.41) is 0.644. The molecule has 0 atom stereocenters. The molecule has 0 unspecified atom stereocenters. The lowest BCUT2D eigenvalue weighted by Crippen LogP contribution is -2.37. The average molecular weight is 342 g/mol. The summed E-state index contributed by atoms with van der Waals surface area (Å²) in [4.78, 5) is 11.1. The van der Waals surface area contributed by atoms with Crippen LogP contribution in [-0.4, -0.2) is 60.4 Å². The molecule has 1 saturated carbocycles. The predicted octanol–water partition coefficient (Wildman–Crippen LogP) is 1.51. The standard InChI is InChI=1S/C14H22N4O2S2/c1-11-10-13(16-14(15-11)21-2)17-6-3-7-18(9-8-17)22(19,20)12-4-5-12/h10,12H,3-9H2,1-2H3. The van der Waals surface area contributed by atoms with E-state index < -0.39 is 10.0 Å².